The molecule has 11 heteroatoms. The number of nitrogens with zero attached hydrogens (tertiary/aromatic N) is 2. The van der Waals surface area contributed by atoms with Crippen LogP contribution in [0.1, 0.15) is 0 Å². The SMILES string of the molecule is O=C(O)C1CN(c2ccc([N+](=O)[O-])c(Cl)c2)[C@@H](C(F)(F)F)O1. The number of anilines is 1. The smallest absolute Gasteiger partial charge is 0.433 e. The molecule has 120 valence electrons. The summed E-state index contributed by atoms with van der Waals surface area (Å²) in [5.74, 6) is -1.54. The molecule has 1 aliphatic heterocycles. The summed E-state index contributed by atoms with van der Waals surface area (Å²) >= 11 is 5.66. The van der Waals surface area contributed by atoms with Crippen LogP contribution in [0, 0.1) is 10.1 Å². The van der Waals surface area contributed by atoms with Crippen LogP contribution in [0.5, 0.6) is 0 Å². The number of rotatable bonds is 3. The van der Waals surface area contributed by atoms with Crippen molar-refractivity contribution >= 4 is 28.9 Å². The molecule has 0 bridgehead atoms. The molecule has 1 heterocycles. The van der Waals surface area contributed by atoms with Crippen molar-refractivity contribution in [1.29, 1.82) is 0 Å². The maximum absolute atomic E-state index is 12.9. The Morgan fingerprint density at radius 2 is 2.14 bits per heavy atom. The third kappa shape index (κ3) is 3.07. The Hall–Kier alpha value is -2.07. The van der Waals surface area contributed by atoms with Crippen LogP contribution in [0.3, 0.4) is 0 Å². The lowest BCUT2D eigenvalue weighted by Crippen LogP contribution is -2.42. The lowest BCUT2D eigenvalue weighted by molar-refractivity contribution is -0.384. The summed E-state index contributed by atoms with van der Waals surface area (Å²) in [4.78, 5) is 21.3. The number of nitro benzene ring substituents is 1. The van der Waals surface area contributed by atoms with E-state index in [0.29, 0.717) is 4.90 Å². The number of benzene rings is 1. The number of alkyl halides is 3. The van der Waals surface area contributed by atoms with E-state index in [-0.39, 0.29) is 10.7 Å². The predicted octanol–water partition coefficient (Wildman–Crippen LogP) is 2.43. The summed E-state index contributed by atoms with van der Waals surface area (Å²) in [5, 5.41) is 19.1. The van der Waals surface area contributed by atoms with Crippen LogP contribution in [-0.2, 0) is 9.53 Å². The second kappa shape index (κ2) is 5.61. The molecule has 2 atom stereocenters. The summed E-state index contributed by atoms with van der Waals surface area (Å²) in [5.41, 5.74) is -0.592. The number of ether oxygens (including phenoxy) is 1. The van der Waals surface area contributed by atoms with Gasteiger partial charge in [0.1, 0.15) is 5.02 Å². The molecule has 2 rings (SSSR count). The summed E-state index contributed by atoms with van der Waals surface area (Å²) in [6.45, 7) is -0.562. The summed E-state index contributed by atoms with van der Waals surface area (Å²) in [7, 11) is 0. The fourth-order valence-electron chi connectivity index (χ4n) is 2.00. The van der Waals surface area contributed by atoms with E-state index in [1.807, 2.05) is 0 Å². The summed E-state index contributed by atoms with van der Waals surface area (Å²) < 4.78 is 43.3. The molecule has 0 aromatic heterocycles. The number of aliphatic carboxylic acids is 1. The van der Waals surface area contributed by atoms with Gasteiger partial charge in [-0.25, -0.2) is 4.79 Å². The van der Waals surface area contributed by atoms with E-state index >= 15 is 0 Å². The molecule has 1 aromatic carbocycles. The third-order valence-corrected chi connectivity index (χ3v) is 3.26. The van der Waals surface area contributed by atoms with Gasteiger partial charge < -0.3 is 14.7 Å². The van der Waals surface area contributed by atoms with E-state index < -0.39 is 41.6 Å². The van der Waals surface area contributed by atoms with E-state index in [2.05, 4.69) is 4.74 Å². The van der Waals surface area contributed by atoms with Crippen LogP contribution in [0.15, 0.2) is 18.2 Å². The van der Waals surface area contributed by atoms with E-state index in [1.165, 1.54) is 0 Å². The fraction of sp³-hybridized carbons (Fsp3) is 0.364. The van der Waals surface area contributed by atoms with Crippen LogP contribution in [0.4, 0.5) is 24.5 Å². The number of carbonyl (C=O) groups is 1. The quantitative estimate of drug-likeness (QED) is 0.671. The van der Waals surface area contributed by atoms with E-state index in [1.54, 1.807) is 0 Å². The van der Waals surface area contributed by atoms with Crippen LogP contribution < -0.4 is 4.90 Å². The van der Waals surface area contributed by atoms with Crippen molar-refractivity contribution in [3.05, 3.63) is 33.3 Å². The molecule has 0 radical (unpaired) electrons. The van der Waals surface area contributed by atoms with Gasteiger partial charge in [0.25, 0.3) is 5.69 Å². The van der Waals surface area contributed by atoms with Crippen molar-refractivity contribution in [3.63, 3.8) is 0 Å². The van der Waals surface area contributed by atoms with E-state index in [4.69, 9.17) is 16.7 Å². The normalized spacial score (nSPS) is 21.9. The van der Waals surface area contributed by atoms with Gasteiger partial charge >= 0.3 is 12.1 Å². The molecule has 1 aromatic rings. The number of halogens is 4. The lowest BCUT2D eigenvalue weighted by Gasteiger charge is -2.26. The largest absolute Gasteiger partial charge is 0.479 e. The zero-order valence-corrected chi connectivity index (χ0v) is 11.3. The van der Waals surface area contributed by atoms with Crippen molar-refractivity contribution in [2.24, 2.45) is 0 Å². The monoisotopic (exact) mass is 340 g/mol. The molecule has 0 amide bonds. The molecule has 1 fully saturated rings. The highest BCUT2D eigenvalue weighted by atomic mass is 35.5. The minimum atomic E-state index is -4.83. The summed E-state index contributed by atoms with van der Waals surface area (Å²) in [6.07, 6.45) is -8.97. The Morgan fingerprint density at radius 1 is 1.50 bits per heavy atom. The molecular formula is C11H8ClF3N2O5. The number of nitro groups is 1. The average Bonchev–Trinajstić information content (AvgIpc) is 2.83. The topological polar surface area (TPSA) is 92.9 Å². The predicted molar refractivity (Wildman–Crippen MR) is 67.8 cm³/mol. The zero-order valence-electron chi connectivity index (χ0n) is 10.6. The van der Waals surface area contributed by atoms with Gasteiger partial charge in [-0.3, -0.25) is 10.1 Å². The highest BCUT2D eigenvalue weighted by Gasteiger charge is 2.52. The second-order valence-corrected chi connectivity index (χ2v) is 4.81. The maximum Gasteiger partial charge on any atom is 0.433 e. The van der Waals surface area contributed by atoms with Gasteiger partial charge in [0.05, 0.1) is 11.5 Å². The van der Waals surface area contributed by atoms with Crippen LogP contribution >= 0.6 is 11.6 Å². The number of hydrogen-bond donors (Lipinski definition) is 1. The molecule has 7 nitrogen and oxygen atoms in total. The van der Waals surface area contributed by atoms with E-state index in [0.717, 1.165) is 18.2 Å². The van der Waals surface area contributed by atoms with Crippen molar-refractivity contribution in [1.82, 2.24) is 0 Å². The maximum atomic E-state index is 12.9. The molecule has 1 aliphatic rings. The van der Waals surface area contributed by atoms with Gasteiger partial charge in [0.15, 0.2) is 6.10 Å². The molecule has 1 unspecified atom stereocenters. The van der Waals surface area contributed by atoms with Crippen molar-refractivity contribution in [2.75, 3.05) is 11.4 Å². The van der Waals surface area contributed by atoms with Gasteiger partial charge in [0, 0.05) is 11.8 Å². The lowest BCUT2D eigenvalue weighted by atomic mass is 10.2. The van der Waals surface area contributed by atoms with Crippen LogP contribution in [-0.4, -0.2) is 41.1 Å². The van der Waals surface area contributed by atoms with Gasteiger partial charge in [-0.15, -0.1) is 0 Å². The molecule has 1 N–H and O–H groups in total. The fourth-order valence-corrected chi connectivity index (χ4v) is 2.24. The molecule has 0 saturated carbocycles. The Bertz CT molecular complexity index is 624. The summed E-state index contributed by atoms with van der Waals surface area (Å²) in [6, 6.07) is 2.96. The van der Waals surface area contributed by atoms with Crippen molar-refractivity contribution in [3.8, 4) is 0 Å². The van der Waals surface area contributed by atoms with Gasteiger partial charge in [0.2, 0.25) is 6.23 Å². The zero-order chi connectivity index (χ0) is 16.7. The van der Waals surface area contributed by atoms with Crippen LogP contribution in [0.25, 0.3) is 0 Å². The number of hydrogen-bond acceptors (Lipinski definition) is 5. The van der Waals surface area contributed by atoms with Gasteiger partial charge in [-0.05, 0) is 12.1 Å². The Labute approximate surface area is 126 Å². The first-order chi connectivity index (χ1) is 10.1. The molecule has 0 spiro atoms. The highest BCUT2D eigenvalue weighted by Crippen LogP contribution is 2.37. The van der Waals surface area contributed by atoms with Gasteiger partial charge in [-0.1, -0.05) is 11.6 Å². The third-order valence-electron chi connectivity index (χ3n) is 2.95. The van der Waals surface area contributed by atoms with E-state index in [9.17, 15) is 28.1 Å². The molecule has 0 aliphatic carbocycles. The molecule has 1 saturated heterocycles. The Morgan fingerprint density at radius 3 is 2.59 bits per heavy atom. The second-order valence-electron chi connectivity index (χ2n) is 4.40. The highest BCUT2D eigenvalue weighted by molar-refractivity contribution is 6.32. The molecular weight excluding hydrogens is 333 g/mol. The number of carboxylic acids is 1. The molecule has 22 heavy (non-hydrogen) atoms. The minimum absolute atomic E-state index is 0.123. The van der Waals surface area contributed by atoms with Crippen molar-refractivity contribution < 1.29 is 32.7 Å². The standard InChI is InChI=1S/C11H8ClF3N2O5/c12-6-3-5(1-2-7(6)17(20)21)16-4-8(9(18)19)22-10(16)11(13,14)15/h1-3,8,10H,4H2,(H,18,19)/t8?,10-/m1/s1. The Kier molecular flexibility index (Phi) is 4.16. The minimum Gasteiger partial charge on any atom is -0.479 e. The van der Waals surface area contributed by atoms with Crippen molar-refractivity contribution in [2.45, 2.75) is 18.5 Å². The first-order valence-electron chi connectivity index (χ1n) is 5.77. The first kappa shape index (κ1) is 16.3. The van der Waals surface area contributed by atoms with Crippen LogP contribution in [0.2, 0.25) is 5.02 Å². The first-order valence-corrected chi connectivity index (χ1v) is 6.14. The number of carboxylic acid groups (broad SMARTS) is 1. The Balaban J connectivity index is 2.38. The average molecular weight is 341 g/mol. The van der Waals surface area contributed by atoms with Gasteiger partial charge in [-0.2, -0.15) is 13.2 Å².